The maximum absolute atomic E-state index is 13.1. The molecule has 8 heteroatoms. The van der Waals surface area contributed by atoms with E-state index < -0.39 is 11.6 Å². The van der Waals surface area contributed by atoms with Crippen molar-refractivity contribution in [2.24, 2.45) is 5.16 Å². The van der Waals surface area contributed by atoms with Gasteiger partial charge in [-0.2, -0.15) is 0 Å². The van der Waals surface area contributed by atoms with E-state index in [-0.39, 0.29) is 5.82 Å². The number of hydrogen-bond acceptors (Lipinski definition) is 6. The lowest BCUT2D eigenvalue weighted by atomic mass is 10.2. The molecule has 1 aromatic carbocycles. The Morgan fingerprint density at radius 2 is 2.10 bits per heavy atom. The number of oxime groups is 1. The summed E-state index contributed by atoms with van der Waals surface area (Å²) >= 11 is 0. The Balaban J connectivity index is 2.35. The van der Waals surface area contributed by atoms with Gasteiger partial charge in [-0.05, 0) is 12.1 Å². The normalized spacial score (nSPS) is 10.8. The van der Waals surface area contributed by atoms with Crippen LogP contribution in [0.4, 0.5) is 26.1 Å². The maximum atomic E-state index is 13.1. The number of rotatable bonds is 4. The minimum absolute atomic E-state index is 0.172. The van der Waals surface area contributed by atoms with Gasteiger partial charge in [-0.3, -0.25) is 0 Å². The zero-order chi connectivity index (χ0) is 14.5. The number of nitrogens with one attached hydrogen (secondary N) is 1. The van der Waals surface area contributed by atoms with Gasteiger partial charge in [-0.1, -0.05) is 5.16 Å². The van der Waals surface area contributed by atoms with E-state index in [1.165, 1.54) is 25.7 Å². The highest BCUT2D eigenvalue weighted by Crippen LogP contribution is 2.21. The number of hydrogen-bond donors (Lipinski definition) is 2. The summed E-state index contributed by atoms with van der Waals surface area (Å²) < 4.78 is 26.0. The SMILES string of the molecule is CO/N=C/c1c(N)ncnc1Nc1ccc(F)c(F)c1. The second kappa shape index (κ2) is 5.91. The minimum atomic E-state index is -0.968. The first kappa shape index (κ1) is 13.7. The van der Waals surface area contributed by atoms with Gasteiger partial charge in [0.05, 0.1) is 11.8 Å². The van der Waals surface area contributed by atoms with Gasteiger partial charge in [0.2, 0.25) is 0 Å². The molecule has 2 rings (SSSR count). The van der Waals surface area contributed by atoms with E-state index in [9.17, 15) is 8.78 Å². The molecule has 0 fully saturated rings. The largest absolute Gasteiger partial charge is 0.399 e. The number of nitrogens with zero attached hydrogens (tertiary/aromatic N) is 3. The number of nitrogens with two attached hydrogens (primary N) is 1. The third kappa shape index (κ3) is 2.97. The molecular formula is C12H11F2N5O. The lowest BCUT2D eigenvalue weighted by molar-refractivity contribution is 0.215. The van der Waals surface area contributed by atoms with Gasteiger partial charge >= 0.3 is 0 Å². The smallest absolute Gasteiger partial charge is 0.160 e. The van der Waals surface area contributed by atoms with Crippen molar-refractivity contribution in [1.82, 2.24) is 9.97 Å². The number of benzene rings is 1. The summed E-state index contributed by atoms with van der Waals surface area (Å²) in [4.78, 5) is 12.3. The highest BCUT2D eigenvalue weighted by Gasteiger charge is 2.09. The third-order valence-electron chi connectivity index (χ3n) is 2.38. The summed E-state index contributed by atoms with van der Waals surface area (Å²) in [5, 5.41) is 6.38. The van der Waals surface area contributed by atoms with Crippen LogP contribution >= 0.6 is 0 Å². The quantitative estimate of drug-likeness (QED) is 0.661. The highest BCUT2D eigenvalue weighted by molar-refractivity contribution is 5.92. The molecule has 2 aromatic rings. The molecule has 1 aromatic heterocycles. The molecule has 0 spiro atoms. The molecule has 3 N–H and O–H groups in total. The lowest BCUT2D eigenvalue weighted by Gasteiger charge is -2.09. The zero-order valence-corrected chi connectivity index (χ0v) is 10.5. The van der Waals surface area contributed by atoms with Crippen LogP contribution in [0.25, 0.3) is 0 Å². The topological polar surface area (TPSA) is 85.4 Å². The van der Waals surface area contributed by atoms with E-state index in [0.29, 0.717) is 17.1 Å². The number of anilines is 3. The molecule has 0 saturated heterocycles. The summed E-state index contributed by atoms with van der Waals surface area (Å²) in [5.41, 5.74) is 6.39. The first-order chi connectivity index (χ1) is 9.61. The van der Waals surface area contributed by atoms with Crippen LogP contribution in [-0.2, 0) is 4.84 Å². The van der Waals surface area contributed by atoms with E-state index in [1.807, 2.05) is 0 Å². The summed E-state index contributed by atoms with van der Waals surface area (Å²) in [5.74, 6) is -1.43. The fraction of sp³-hybridized carbons (Fsp3) is 0.0833. The van der Waals surface area contributed by atoms with E-state index in [0.717, 1.165) is 12.1 Å². The van der Waals surface area contributed by atoms with E-state index in [4.69, 9.17) is 5.73 Å². The van der Waals surface area contributed by atoms with Crippen LogP contribution in [0.1, 0.15) is 5.56 Å². The standard InChI is InChI=1S/C12H11F2N5O/c1-20-18-5-8-11(15)16-6-17-12(8)19-7-2-3-9(13)10(14)4-7/h2-6H,1H3,(H3,15,16,17,19)/b18-5+. The lowest BCUT2D eigenvalue weighted by Crippen LogP contribution is -2.05. The van der Waals surface area contributed by atoms with E-state index >= 15 is 0 Å². The van der Waals surface area contributed by atoms with Gasteiger partial charge in [0.25, 0.3) is 0 Å². The van der Waals surface area contributed by atoms with Crippen molar-refractivity contribution in [2.45, 2.75) is 0 Å². The van der Waals surface area contributed by atoms with Gasteiger partial charge in [0, 0.05) is 11.8 Å². The van der Waals surface area contributed by atoms with Crippen molar-refractivity contribution < 1.29 is 13.6 Å². The number of halogens is 2. The second-order valence-corrected chi connectivity index (χ2v) is 3.69. The maximum Gasteiger partial charge on any atom is 0.160 e. The Hall–Kier alpha value is -2.77. The Labute approximate surface area is 113 Å². The third-order valence-corrected chi connectivity index (χ3v) is 2.38. The van der Waals surface area contributed by atoms with Gasteiger partial charge in [0.1, 0.15) is 25.1 Å². The summed E-state index contributed by atoms with van der Waals surface area (Å²) in [7, 11) is 1.37. The Morgan fingerprint density at radius 1 is 1.30 bits per heavy atom. The Morgan fingerprint density at radius 3 is 2.80 bits per heavy atom. The summed E-state index contributed by atoms with van der Waals surface area (Å²) in [6, 6.07) is 3.38. The van der Waals surface area contributed by atoms with Crippen molar-refractivity contribution in [2.75, 3.05) is 18.2 Å². The number of nitrogen functional groups attached to an aromatic ring is 1. The molecule has 0 saturated carbocycles. The fourth-order valence-corrected chi connectivity index (χ4v) is 1.45. The summed E-state index contributed by atoms with van der Waals surface area (Å²) in [6.07, 6.45) is 2.55. The average molecular weight is 279 g/mol. The van der Waals surface area contributed by atoms with Crippen molar-refractivity contribution >= 4 is 23.5 Å². The Bertz CT molecular complexity index is 648. The van der Waals surface area contributed by atoms with Crippen LogP contribution < -0.4 is 11.1 Å². The predicted molar refractivity (Wildman–Crippen MR) is 70.7 cm³/mol. The molecular weight excluding hydrogens is 268 g/mol. The molecule has 20 heavy (non-hydrogen) atoms. The van der Waals surface area contributed by atoms with Gasteiger partial charge in [0.15, 0.2) is 11.6 Å². The number of aromatic nitrogens is 2. The fourth-order valence-electron chi connectivity index (χ4n) is 1.45. The molecule has 0 atom stereocenters. The van der Waals surface area contributed by atoms with Gasteiger partial charge in [-0.15, -0.1) is 0 Å². The average Bonchev–Trinajstić information content (AvgIpc) is 2.42. The second-order valence-electron chi connectivity index (χ2n) is 3.69. The molecule has 0 unspecified atom stereocenters. The van der Waals surface area contributed by atoms with Crippen LogP contribution in [0.2, 0.25) is 0 Å². The van der Waals surface area contributed by atoms with Crippen molar-refractivity contribution in [3.05, 3.63) is 41.7 Å². The van der Waals surface area contributed by atoms with Crippen LogP contribution in [0, 0.1) is 11.6 Å². The van der Waals surface area contributed by atoms with Crippen molar-refractivity contribution in [1.29, 1.82) is 0 Å². The molecule has 0 aliphatic carbocycles. The molecule has 0 radical (unpaired) electrons. The van der Waals surface area contributed by atoms with E-state index in [1.54, 1.807) is 0 Å². The molecule has 104 valence electrons. The summed E-state index contributed by atoms with van der Waals surface area (Å²) in [6.45, 7) is 0. The molecule has 6 nitrogen and oxygen atoms in total. The van der Waals surface area contributed by atoms with Crippen LogP contribution in [0.3, 0.4) is 0 Å². The van der Waals surface area contributed by atoms with Crippen molar-refractivity contribution in [3.8, 4) is 0 Å². The van der Waals surface area contributed by atoms with E-state index in [2.05, 4.69) is 25.3 Å². The van der Waals surface area contributed by atoms with Crippen LogP contribution in [-0.4, -0.2) is 23.3 Å². The molecule has 0 bridgehead atoms. The Kier molecular flexibility index (Phi) is 4.04. The van der Waals surface area contributed by atoms with Crippen LogP contribution in [0.5, 0.6) is 0 Å². The van der Waals surface area contributed by atoms with Crippen molar-refractivity contribution in [3.63, 3.8) is 0 Å². The molecule has 1 heterocycles. The molecule has 0 amide bonds. The zero-order valence-electron chi connectivity index (χ0n) is 10.5. The predicted octanol–water partition coefficient (Wildman–Crippen LogP) is 2.06. The molecule has 0 aliphatic rings. The minimum Gasteiger partial charge on any atom is -0.399 e. The first-order valence-corrected chi connectivity index (χ1v) is 5.51. The van der Waals surface area contributed by atoms with Gasteiger partial charge < -0.3 is 15.9 Å². The monoisotopic (exact) mass is 279 g/mol. The van der Waals surface area contributed by atoms with Crippen LogP contribution in [0.15, 0.2) is 29.7 Å². The molecule has 0 aliphatic heterocycles. The highest BCUT2D eigenvalue weighted by atomic mass is 19.2. The van der Waals surface area contributed by atoms with Gasteiger partial charge in [-0.25, -0.2) is 18.7 Å². The first-order valence-electron chi connectivity index (χ1n) is 5.51.